The molecular weight excluding hydrogens is 541 g/mol. The monoisotopic (exact) mass is 573 g/mol. The molecule has 38 heavy (non-hydrogen) atoms. The molecule has 0 radical (unpaired) electrons. The van der Waals surface area contributed by atoms with E-state index >= 15 is 0 Å². The molecule has 0 aliphatic carbocycles. The molecule has 1 aromatic rings. The largest absolute Gasteiger partial charge is 0.790 e. The minimum atomic E-state index is -5.24. The van der Waals surface area contributed by atoms with E-state index in [1.807, 2.05) is 0 Å². The second-order valence-electron chi connectivity index (χ2n) is 7.99. The second kappa shape index (κ2) is 15.7. The molecule has 1 saturated heterocycles. The molecule has 0 saturated carbocycles. The first kappa shape index (κ1) is 35.4. The quantitative estimate of drug-likeness (QED) is 0.100. The van der Waals surface area contributed by atoms with Crippen molar-refractivity contribution in [3.63, 3.8) is 0 Å². The van der Waals surface area contributed by atoms with Crippen LogP contribution in [0.4, 0.5) is 0 Å². The summed E-state index contributed by atoms with van der Waals surface area (Å²) in [4.78, 5) is 51.5. The van der Waals surface area contributed by atoms with Gasteiger partial charge in [0.15, 0.2) is 18.5 Å². The van der Waals surface area contributed by atoms with Crippen molar-refractivity contribution in [3.8, 4) is 0 Å². The number of aliphatic hydroxyl groups is 4. The lowest BCUT2D eigenvalue weighted by Crippen LogP contribution is -2.69. The lowest BCUT2D eigenvalue weighted by Gasteiger charge is -2.30. The molecule has 12 N–H and O–H groups in total. The highest BCUT2D eigenvalue weighted by atomic mass is 31.2. The molecule has 0 unspecified atom stereocenters. The number of phosphoric acid groups is 1. The molecule has 1 aromatic heterocycles. The number of carbonyl (C=O) groups excluding carboxylic acids is 1. The van der Waals surface area contributed by atoms with Gasteiger partial charge >= 0.3 is 11.9 Å². The number of quaternary nitrogens is 2. The first-order valence-corrected chi connectivity index (χ1v) is 12.1. The molecule has 1 fully saturated rings. The Morgan fingerprint density at radius 2 is 1.55 bits per heavy atom. The van der Waals surface area contributed by atoms with Crippen LogP contribution in [-0.4, -0.2) is 97.8 Å². The lowest BCUT2D eigenvalue weighted by atomic mass is 10.1. The highest BCUT2D eigenvalue weighted by molar-refractivity contribution is 7.43. The van der Waals surface area contributed by atoms with Crippen molar-refractivity contribution >= 4 is 25.7 Å². The van der Waals surface area contributed by atoms with E-state index < -0.39 is 81.2 Å². The standard InChI is InChI=1S/C11H14NO9P.2C4H9NO3/c13-8-7(5-20-22(17,18)19)21-10(9(8)14)12-3-1-2-6(4-12)11(15)16;2*1-2(6)3(5)4(7)8/h1-4,7-10,13-14H,5H2,(H2-,15,16,17,18,19);2*2-3,6H,5H2,1H3,(H,7,8)/t7-,8-,9-,10-;2*2-,3+/m111/s1. The number of pyridine rings is 1. The highest BCUT2D eigenvalue weighted by Crippen LogP contribution is 2.30. The van der Waals surface area contributed by atoms with Gasteiger partial charge in [0.1, 0.15) is 24.4 Å². The van der Waals surface area contributed by atoms with Crippen molar-refractivity contribution in [1.82, 2.24) is 0 Å². The first-order valence-electron chi connectivity index (χ1n) is 10.7. The number of aromatic carboxylic acids is 1. The minimum Gasteiger partial charge on any atom is -0.790 e. The van der Waals surface area contributed by atoms with E-state index in [0.717, 1.165) is 6.20 Å². The Morgan fingerprint density at radius 3 is 1.89 bits per heavy atom. The average Bonchev–Trinajstić information content (AvgIpc) is 3.10. The van der Waals surface area contributed by atoms with Crippen molar-refractivity contribution < 1.29 is 89.8 Å². The summed E-state index contributed by atoms with van der Waals surface area (Å²) in [6.07, 6.45) is -4.69. The van der Waals surface area contributed by atoms with Crippen molar-refractivity contribution in [3.05, 3.63) is 30.1 Å². The predicted octanol–water partition coefficient (Wildman–Crippen LogP) is -8.07. The van der Waals surface area contributed by atoms with Gasteiger partial charge in [-0.15, -0.1) is 0 Å². The number of ether oxygens (including phenoxy) is 1. The van der Waals surface area contributed by atoms with Gasteiger partial charge in [-0.1, -0.05) is 0 Å². The van der Waals surface area contributed by atoms with Crippen LogP contribution < -0.4 is 30.9 Å². The fourth-order valence-electron chi connectivity index (χ4n) is 2.46. The Kier molecular flexibility index (Phi) is 14.6. The maximum absolute atomic E-state index is 10.8. The number of carbonyl (C=O) groups is 3. The van der Waals surface area contributed by atoms with E-state index in [0.29, 0.717) is 0 Å². The summed E-state index contributed by atoms with van der Waals surface area (Å²) in [5, 5.41) is 63.8. The van der Waals surface area contributed by atoms with Crippen LogP contribution in [0.2, 0.25) is 0 Å². The van der Waals surface area contributed by atoms with Crippen LogP contribution in [0.3, 0.4) is 0 Å². The molecule has 2 rings (SSSR count). The highest BCUT2D eigenvalue weighted by Gasteiger charge is 2.48. The number of hydrogen-bond acceptors (Lipinski definition) is 13. The molecule has 0 bridgehead atoms. The number of carboxylic acids is 3. The number of aromatic nitrogens is 1. The van der Waals surface area contributed by atoms with Crippen LogP contribution in [0.15, 0.2) is 24.5 Å². The summed E-state index contributed by atoms with van der Waals surface area (Å²) in [6.45, 7) is 2.03. The van der Waals surface area contributed by atoms with E-state index in [4.69, 9.17) is 25.2 Å². The van der Waals surface area contributed by atoms with E-state index in [9.17, 15) is 44.1 Å². The van der Waals surface area contributed by atoms with Gasteiger partial charge in [0.25, 0.3) is 6.23 Å². The number of phosphoric ester groups is 1. The van der Waals surface area contributed by atoms with E-state index in [1.54, 1.807) is 0 Å². The summed E-state index contributed by atoms with van der Waals surface area (Å²) >= 11 is 0. The topological polar surface area (TPSA) is 336 Å². The number of nitrogens with zero attached hydrogens (tertiary/aromatic N) is 1. The molecule has 8 atom stereocenters. The average molecular weight is 573 g/mol. The Balaban J connectivity index is 0.000000705. The Labute approximate surface area is 215 Å². The Morgan fingerprint density at radius 1 is 1.08 bits per heavy atom. The number of aliphatic carboxylic acids is 2. The van der Waals surface area contributed by atoms with Gasteiger partial charge in [0.05, 0.1) is 26.0 Å². The number of hydrogen-bond donors (Lipinski definition) is 8. The zero-order valence-corrected chi connectivity index (χ0v) is 21.2. The first-order chi connectivity index (χ1) is 17.3. The zero-order valence-electron chi connectivity index (χ0n) is 20.3. The van der Waals surface area contributed by atoms with Crippen LogP contribution in [0.1, 0.15) is 30.4 Å². The molecule has 0 spiro atoms. The molecule has 1 aliphatic rings. The summed E-state index contributed by atoms with van der Waals surface area (Å²) in [5.41, 5.74) is 6.19. The van der Waals surface area contributed by atoms with Crippen LogP contribution >= 0.6 is 7.82 Å². The predicted molar refractivity (Wildman–Crippen MR) is 112 cm³/mol. The maximum atomic E-state index is 10.8. The fraction of sp³-hybridized carbons (Fsp3) is 0.579. The SMILES string of the molecule is C[C@@H](O)[C@H]([NH3+])C(=O)O.C[C@@H](O)[C@H]([NH3+])C(=O)O.O=C([O-])c1ccc[n+]([C@@H]2O[C@H](COP(=O)([O-])[O-])[C@@H](O)[C@H]2O)c1. The second-order valence-corrected chi connectivity index (χ2v) is 9.14. The van der Waals surface area contributed by atoms with Gasteiger partial charge in [-0.2, -0.15) is 4.57 Å². The molecule has 2 heterocycles. The third kappa shape index (κ3) is 12.3. The summed E-state index contributed by atoms with van der Waals surface area (Å²) in [6, 6.07) is 0.806. The molecule has 218 valence electrons. The van der Waals surface area contributed by atoms with Crippen molar-refractivity contribution in [2.75, 3.05) is 6.61 Å². The molecule has 0 aromatic carbocycles. The zero-order chi connectivity index (χ0) is 30.0. The molecule has 19 heteroatoms. The summed E-state index contributed by atoms with van der Waals surface area (Å²) in [7, 11) is -5.24. The van der Waals surface area contributed by atoms with E-state index in [1.165, 1.54) is 36.7 Å². The minimum absolute atomic E-state index is 0.184. The van der Waals surface area contributed by atoms with Gasteiger partial charge in [-0.25, -0.2) is 9.59 Å². The third-order valence-electron chi connectivity index (χ3n) is 4.88. The van der Waals surface area contributed by atoms with Gasteiger partial charge in [0, 0.05) is 6.07 Å². The van der Waals surface area contributed by atoms with Crippen LogP contribution in [0, 0.1) is 0 Å². The van der Waals surface area contributed by atoms with Crippen LogP contribution in [0.5, 0.6) is 0 Å². The number of rotatable bonds is 9. The van der Waals surface area contributed by atoms with Gasteiger partial charge < -0.3 is 75.6 Å². The smallest absolute Gasteiger partial charge is 0.365 e. The lowest BCUT2D eigenvalue weighted by molar-refractivity contribution is -0.765. The van der Waals surface area contributed by atoms with Gasteiger partial charge in [0.2, 0.25) is 12.1 Å². The molecule has 0 amide bonds. The third-order valence-corrected chi connectivity index (χ3v) is 5.35. The normalized spacial score (nSPS) is 23.9. The molecule has 1 aliphatic heterocycles. The summed E-state index contributed by atoms with van der Waals surface area (Å²) in [5.74, 6) is -3.58. The molecular formula is C19H32N3O15P. The van der Waals surface area contributed by atoms with Crippen molar-refractivity contribution in [2.45, 2.75) is 62.7 Å². The molecule has 18 nitrogen and oxygen atoms in total. The van der Waals surface area contributed by atoms with Gasteiger partial charge in [-0.05, 0) is 19.9 Å². The Bertz CT molecular complexity index is 948. The number of carboxylic acid groups (broad SMARTS) is 3. The fourth-order valence-corrected chi connectivity index (χ4v) is 2.79. The van der Waals surface area contributed by atoms with Crippen molar-refractivity contribution in [1.29, 1.82) is 0 Å². The maximum Gasteiger partial charge on any atom is 0.365 e. The van der Waals surface area contributed by atoms with Gasteiger partial charge in [-0.3, -0.25) is 0 Å². The van der Waals surface area contributed by atoms with E-state index in [2.05, 4.69) is 16.0 Å². The van der Waals surface area contributed by atoms with E-state index in [-0.39, 0.29) is 5.56 Å². The number of aliphatic hydroxyl groups excluding tert-OH is 4. The van der Waals surface area contributed by atoms with Crippen LogP contribution in [-0.2, 0) is 23.4 Å². The van der Waals surface area contributed by atoms with Crippen molar-refractivity contribution in [2.24, 2.45) is 0 Å². The Hall–Kier alpha value is -2.61. The van der Waals surface area contributed by atoms with Crippen LogP contribution in [0.25, 0.3) is 0 Å². The summed E-state index contributed by atoms with van der Waals surface area (Å²) < 4.78 is 20.8.